The van der Waals surface area contributed by atoms with Crippen molar-refractivity contribution in [2.75, 3.05) is 11.9 Å². The van der Waals surface area contributed by atoms with Gasteiger partial charge in [-0.25, -0.2) is 4.68 Å². The lowest BCUT2D eigenvalue weighted by molar-refractivity contribution is 0.278. The highest BCUT2D eigenvalue weighted by molar-refractivity contribution is 6.30. The van der Waals surface area contributed by atoms with Crippen molar-refractivity contribution in [2.45, 2.75) is 18.9 Å². The molecule has 0 aliphatic heterocycles. The minimum atomic E-state index is -0.203. The van der Waals surface area contributed by atoms with Crippen molar-refractivity contribution >= 4 is 17.3 Å². The van der Waals surface area contributed by atoms with Crippen LogP contribution < -0.4 is 15.6 Å². The molecule has 3 aromatic rings. The summed E-state index contributed by atoms with van der Waals surface area (Å²) in [6, 6.07) is 5.46. The molecule has 1 saturated carbocycles. The molecular weight excluding hydrogens is 380 g/mol. The van der Waals surface area contributed by atoms with Crippen LogP contribution in [0.15, 0.2) is 41.6 Å². The monoisotopic (exact) mass is 400 g/mol. The molecule has 0 aromatic carbocycles. The lowest BCUT2D eigenvalue weighted by Crippen LogP contribution is -2.24. The van der Waals surface area contributed by atoms with E-state index in [4.69, 9.17) is 16.3 Å². The van der Waals surface area contributed by atoms with E-state index in [1.807, 2.05) is 25.4 Å². The Morgan fingerprint density at radius 1 is 1.32 bits per heavy atom. The molecule has 0 spiro atoms. The Hall–Kier alpha value is -2.87. The van der Waals surface area contributed by atoms with Gasteiger partial charge >= 0.3 is 0 Å². The Morgan fingerprint density at radius 2 is 2.18 bits per heavy atom. The van der Waals surface area contributed by atoms with E-state index in [1.165, 1.54) is 4.68 Å². The van der Waals surface area contributed by atoms with Crippen molar-refractivity contribution in [3.8, 4) is 5.88 Å². The average molecular weight is 401 g/mol. The van der Waals surface area contributed by atoms with Crippen molar-refractivity contribution in [3.05, 3.63) is 63.4 Å². The van der Waals surface area contributed by atoms with Gasteiger partial charge in [0.25, 0.3) is 5.56 Å². The predicted octanol–water partition coefficient (Wildman–Crippen LogP) is 2.36. The first kappa shape index (κ1) is 18.5. The highest BCUT2D eigenvalue weighted by Crippen LogP contribution is 2.46. The molecule has 9 heteroatoms. The number of hydrogen-bond donors (Lipinski definition) is 1. The van der Waals surface area contributed by atoms with Crippen LogP contribution in [0.2, 0.25) is 5.02 Å². The number of nitrogens with one attached hydrogen (secondary N) is 1. The van der Waals surface area contributed by atoms with E-state index < -0.39 is 0 Å². The second-order valence-corrected chi connectivity index (χ2v) is 7.45. The summed E-state index contributed by atoms with van der Waals surface area (Å²) in [5.74, 6) is 1.19. The summed E-state index contributed by atoms with van der Waals surface area (Å²) in [4.78, 5) is 16.7. The van der Waals surface area contributed by atoms with Gasteiger partial charge in [-0.1, -0.05) is 11.6 Å². The van der Waals surface area contributed by atoms with Gasteiger partial charge < -0.3 is 10.1 Å². The Balaban J connectivity index is 1.37. The van der Waals surface area contributed by atoms with Crippen molar-refractivity contribution < 1.29 is 4.74 Å². The lowest BCUT2D eigenvalue weighted by Gasteiger charge is -2.10. The number of aromatic nitrogens is 5. The molecule has 146 valence electrons. The summed E-state index contributed by atoms with van der Waals surface area (Å²) in [5.41, 5.74) is 2.26. The van der Waals surface area contributed by atoms with Gasteiger partial charge in [0.1, 0.15) is 5.69 Å². The third-order valence-electron chi connectivity index (χ3n) is 4.78. The van der Waals surface area contributed by atoms with Crippen LogP contribution in [0, 0.1) is 5.92 Å². The van der Waals surface area contributed by atoms with Crippen LogP contribution in [0.1, 0.15) is 23.6 Å². The molecule has 0 radical (unpaired) electrons. The predicted molar refractivity (Wildman–Crippen MR) is 106 cm³/mol. The van der Waals surface area contributed by atoms with Gasteiger partial charge in [0.15, 0.2) is 0 Å². The number of anilines is 1. The zero-order valence-electron chi connectivity index (χ0n) is 15.7. The Morgan fingerprint density at radius 3 is 2.89 bits per heavy atom. The van der Waals surface area contributed by atoms with Gasteiger partial charge in [-0.05, 0) is 18.6 Å². The summed E-state index contributed by atoms with van der Waals surface area (Å²) < 4.78 is 8.86. The second-order valence-electron chi connectivity index (χ2n) is 7.02. The molecule has 1 aliphatic rings. The fraction of sp³-hybridized carbons (Fsp3) is 0.368. The third-order valence-corrected chi connectivity index (χ3v) is 5.00. The number of halogens is 1. The van der Waals surface area contributed by atoms with Crippen LogP contribution in [0.4, 0.5) is 5.69 Å². The minimum absolute atomic E-state index is 0.203. The molecular formula is C19H21ClN6O2. The molecule has 28 heavy (non-hydrogen) atoms. The molecule has 0 saturated heterocycles. The summed E-state index contributed by atoms with van der Waals surface area (Å²) in [6.45, 7) is 1.03. The molecule has 3 aromatic heterocycles. The summed E-state index contributed by atoms with van der Waals surface area (Å²) in [5, 5.41) is 12.1. The summed E-state index contributed by atoms with van der Waals surface area (Å²) >= 11 is 5.89. The molecule has 2 atom stereocenters. The van der Waals surface area contributed by atoms with Crippen molar-refractivity contribution in [3.63, 3.8) is 0 Å². The molecule has 0 amide bonds. The Kier molecular flexibility index (Phi) is 5.04. The maximum Gasteiger partial charge on any atom is 0.290 e. The van der Waals surface area contributed by atoms with Crippen LogP contribution in [0.5, 0.6) is 5.88 Å². The highest BCUT2D eigenvalue weighted by atomic mass is 35.5. The largest absolute Gasteiger partial charge is 0.476 e. The number of aryl methyl sites for hydroxylation is 2. The second kappa shape index (κ2) is 7.63. The maximum atomic E-state index is 12.3. The third kappa shape index (κ3) is 4.17. The summed E-state index contributed by atoms with van der Waals surface area (Å²) in [7, 11) is 3.47. The van der Waals surface area contributed by atoms with E-state index in [1.54, 1.807) is 30.2 Å². The van der Waals surface area contributed by atoms with Gasteiger partial charge in [0, 0.05) is 62.2 Å². The number of hydrogen-bond acceptors (Lipinski definition) is 6. The van der Waals surface area contributed by atoms with Crippen LogP contribution in [0.3, 0.4) is 0 Å². The van der Waals surface area contributed by atoms with Crippen LogP contribution in [0.25, 0.3) is 0 Å². The summed E-state index contributed by atoms with van der Waals surface area (Å²) in [6.07, 6.45) is 6.34. The number of rotatable bonds is 7. The molecule has 8 nitrogen and oxygen atoms in total. The van der Waals surface area contributed by atoms with Crippen molar-refractivity contribution in [1.82, 2.24) is 24.5 Å². The maximum absolute atomic E-state index is 12.3. The molecule has 3 heterocycles. The van der Waals surface area contributed by atoms with Gasteiger partial charge in [0.05, 0.1) is 17.8 Å². The first-order valence-electron chi connectivity index (χ1n) is 9.03. The van der Waals surface area contributed by atoms with Crippen LogP contribution in [-0.2, 0) is 20.6 Å². The van der Waals surface area contributed by atoms with Crippen molar-refractivity contribution in [1.29, 1.82) is 0 Å². The minimum Gasteiger partial charge on any atom is -0.476 e. The quantitative estimate of drug-likeness (QED) is 0.655. The van der Waals surface area contributed by atoms with Gasteiger partial charge in [-0.15, -0.1) is 5.10 Å². The number of pyridine rings is 1. The van der Waals surface area contributed by atoms with E-state index >= 15 is 0 Å². The first-order chi connectivity index (χ1) is 13.5. The molecule has 1 N–H and O–H groups in total. The molecule has 1 aliphatic carbocycles. The number of ether oxygens (including phenoxy) is 1. The first-order valence-corrected chi connectivity index (χ1v) is 9.41. The van der Waals surface area contributed by atoms with Gasteiger partial charge in [0.2, 0.25) is 5.88 Å². The van der Waals surface area contributed by atoms with Crippen LogP contribution in [-0.4, -0.2) is 31.2 Å². The van der Waals surface area contributed by atoms with Gasteiger partial charge in [-0.3, -0.25) is 14.5 Å². The zero-order chi connectivity index (χ0) is 19.7. The van der Waals surface area contributed by atoms with E-state index in [-0.39, 0.29) is 5.56 Å². The van der Waals surface area contributed by atoms with Gasteiger partial charge in [-0.2, -0.15) is 5.10 Å². The van der Waals surface area contributed by atoms with E-state index in [9.17, 15) is 4.79 Å². The van der Waals surface area contributed by atoms with E-state index in [2.05, 4.69) is 20.5 Å². The highest BCUT2D eigenvalue weighted by Gasteiger charge is 2.40. The lowest BCUT2D eigenvalue weighted by atomic mass is 10.2. The van der Waals surface area contributed by atoms with Crippen molar-refractivity contribution in [2.24, 2.45) is 20.0 Å². The number of nitrogens with zero attached hydrogens (tertiary/aromatic N) is 5. The fourth-order valence-corrected chi connectivity index (χ4v) is 3.24. The Bertz CT molecular complexity index is 1030. The smallest absolute Gasteiger partial charge is 0.290 e. The average Bonchev–Trinajstić information content (AvgIpc) is 3.34. The topological polar surface area (TPSA) is 86.9 Å². The zero-order valence-corrected chi connectivity index (χ0v) is 16.4. The van der Waals surface area contributed by atoms with E-state index in [0.29, 0.717) is 41.6 Å². The normalized spacial score (nSPS) is 18.1. The standard InChI is InChI=1S/C19H21ClN6O2/c1-25-10-12(8-23-25)7-21-17-6-18(24-26(2)19(17)27)28-11-13-5-15(13)16-4-3-14(20)9-22-16/h3-4,6,8-10,13,15,21H,5,7,11H2,1-2H3/t13-,15+/m1/s1. The molecule has 4 rings (SSSR count). The molecule has 0 bridgehead atoms. The molecule has 0 unspecified atom stereocenters. The van der Waals surface area contributed by atoms with E-state index in [0.717, 1.165) is 17.7 Å². The molecule has 1 fully saturated rings. The Labute approximate surface area is 167 Å². The SMILES string of the molecule is Cn1cc(CNc2cc(OC[C@H]3C[C@@H]3c3ccc(Cl)cn3)nn(C)c2=O)cn1. The van der Waals surface area contributed by atoms with Crippen LogP contribution >= 0.6 is 11.6 Å². The fourth-order valence-electron chi connectivity index (χ4n) is 3.13.